The zero-order valence-electron chi connectivity index (χ0n) is 8.08. The quantitative estimate of drug-likeness (QED) is 0.491. The van der Waals surface area contributed by atoms with E-state index in [4.69, 9.17) is 9.78 Å². The van der Waals surface area contributed by atoms with Crippen LogP contribution in [0.5, 0.6) is 0 Å². The molecule has 0 spiro atoms. The Hall–Kier alpha value is -0.600. The molecule has 0 aromatic rings. The third-order valence-electron chi connectivity index (χ3n) is 2.67. The molecule has 0 aromatic carbocycles. The fourth-order valence-electron chi connectivity index (χ4n) is 1.93. The molecule has 1 saturated carbocycles. The van der Waals surface area contributed by atoms with E-state index in [9.17, 15) is 0 Å². The predicted octanol–water partition coefficient (Wildman–Crippen LogP) is 2.76. The van der Waals surface area contributed by atoms with Gasteiger partial charge in [-0.3, -0.25) is 0 Å². The average molecular weight is 180 g/mol. The van der Waals surface area contributed by atoms with Crippen LogP contribution in [0.3, 0.4) is 0 Å². The van der Waals surface area contributed by atoms with Gasteiger partial charge in [-0.25, -0.2) is 9.78 Å². The Morgan fingerprint density at radius 1 is 1.46 bits per heavy atom. The Kier molecular flexibility index (Phi) is 2.51. The van der Waals surface area contributed by atoms with Crippen molar-refractivity contribution >= 4 is 0 Å². The smallest absolute Gasteiger partial charge is 0.117 e. The first-order chi connectivity index (χ1) is 6.27. The number of hydrogen-bond donors (Lipinski definition) is 0. The second-order valence-electron chi connectivity index (χ2n) is 3.95. The molecule has 13 heavy (non-hydrogen) atoms. The van der Waals surface area contributed by atoms with E-state index < -0.39 is 0 Å². The van der Waals surface area contributed by atoms with Gasteiger partial charge in [-0.2, -0.15) is 0 Å². The first-order valence-electron chi connectivity index (χ1n) is 4.94. The Morgan fingerprint density at radius 2 is 2.08 bits per heavy atom. The van der Waals surface area contributed by atoms with E-state index in [1.54, 1.807) is 0 Å². The first kappa shape index (κ1) is 8.97. The minimum absolute atomic E-state index is 0.259. The number of rotatable bonds is 3. The van der Waals surface area contributed by atoms with Crippen LogP contribution in [0.15, 0.2) is 23.8 Å². The van der Waals surface area contributed by atoms with Crippen molar-refractivity contribution < 1.29 is 9.78 Å². The van der Waals surface area contributed by atoms with Crippen molar-refractivity contribution in [2.45, 2.75) is 44.8 Å². The number of allylic oxidation sites excluding steroid dienone is 2. The maximum atomic E-state index is 5.13. The molecule has 1 aliphatic heterocycles. The van der Waals surface area contributed by atoms with E-state index in [2.05, 4.69) is 19.6 Å². The minimum Gasteiger partial charge on any atom is -0.228 e. The fourth-order valence-corrected chi connectivity index (χ4v) is 1.93. The summed E-state index contributed by atoms with van der Waals surface area (Å²) < 4.78 is 0. The van der Waals surface area contributed by atoms with Crippen LogP contribution in [0.25, 0.3) is 0 Å². The maximum Gasteiger partial charge on any atom is 0.117 e. The van der Waals surface area contributed by atoms with Crippen LogP contribution in [0.1, 0.15) is 32.6 Å². The van der Waals surface area contributed by atoms with Crippen LogP contribution in [-0.2, 0) is 9.78 Å². The summed E-state index contributed by atoms with van der Waals surface area (Å²) in [6.07, 6.45) is 7.19. The van der Waals surface area contributed by atoms with Crippen molar-refractivity contribution in [2.24, 2.45) is 0 Å². The van der Waals surface area contributed by atoms with E-state index in [-0.39, 0.29) is 12.2 Å². The van der Waals surface area contributed by atoms with E-state index in [1.807, 2.05) is 0 Å². The summed E-state index contributed by atoms with van der Waals surface area (Å²) in [7, 11) is 0. The Morgan fingerprint density at radius 3 is 2.54 bits per heavy atom. The zero-order chi connectivity index (χ0) is 9.26. The van der Waals surface area contributed by atoms with Crippen LogP contribution in [0.2, 0.25) is 0 Å². The third-order valence-corrected chi connectivity index (χ3v) is 2.67. The van der Waals surface area contributed by atoms with Crippen molar-refractivity contribution in [3.8, 4) is 0 Å². The topological polar surface area (TPSA) is 18.5 Å². The molecule has 72 valence electrons. The molecule has 2 fully saturated rings. The Balaban J connectivity index is 1.90. The second-order valence-corrected chi connectivity index (χ2v) is 3.95. The average Bonchev–Trinajstić information content (AvgIpc) is 2.64. The summed E-state index contributed by atoms with van der Waals surface area (Å²) in [6.45, 7) is 5.95. The summed E-state index contributed by atoms with van der Waals surface area (Å²) in [5.74, 6) is 0. The second kappa shape index (κ2) is 3.64. The number of hydrogen-bond acceptors (Lipinski definition) is 2. The van der Waals surface area contributed by atoms with Crippen LogP contribution in [-0.4, -0.2) is 12.2 Å². The highest BCUT2D eigenvalue weighted by atomic mass is 17.2. The molecule has 0 radical (unpaired) electrons. The van der Waals surface area contributed by atoms with Gasteiger partial charge in [0.05, 0.1) is 0 Å². The van der Waals surface area contributed by atoms with Crippen LogP contribution < -0.4 is 0 Å². The van der Waals surface area contributed by atoms with Gasteiger partial charge in [-0.15, -0.1) is 6.58 Å². The maximum absolute atomic E-state index is 5.13. The molecule has 1 aliphatic carbocycles. The zero-order valence-corrected chi connectivity index (χ0v) is 8.08. The molecule has 0 N–H and O–H groups in total. The summed E-state index contributed by atoms with van der Waals surface area (Å²) in [4.78, 5) is 10.3. The SMILES string of the molecule is C=C(C)CCC=C1C2CCC1OO2. The Labute approximate surface area is 79.2 Å². The van der Waals surface area contributed by atoms with Gasteiger partial charge in [0, 0.05) is 0 Å². The summed E-state index contributed by atoms with van der Waals surface area (Å²) >= 11 is 0. The van der Waals surface area contributed by atoms with Gasteiger partial charge in [0.1, 0.15) is 12.2 Å². The molecular weight excluding hydrogens is 164 g/mol. The van der Waals surface area contributed by atoms with Crippen molar-refractivity contribution in [1.29, 1.82) is 0 Å². The molecule has 0 aromatic heterocycles. The molecule has 1 heterocycles. The van der Waals surface area contributed by atoms with Crippen molar-refractivity contribution in [2.75, 3.05) is 0 Å². The molecule has 1 saturated heterocycles. The highest BCUT2D eigenvalue weighted by molar-refractivity contribution is 5.21. The lowest BCUT2D eigenvalue weighted by Gasteiger charge is -2.05. The lowest BCUT2D eigenvalue weighted by atomic mass is 10.1. The third kappa shape index (κ3) is 1.84. The highest BCUT2D eigenvalue weighted by Gasteiger charge is 2.39. The molecular formula is C11H16O2. The normalized spacial score (nSPS) is 31.0. The van der Waals surface area contributed by atoms with Crippen molar-refractivity contribution in [3.63, 3.8) is 0 Å². The van der Waals surface area contributed by atoms with Crippen LogP contribution >= 0.6 is 0 Å². The van der Waals surface area contributed by atoms with E-state index >= 15 is 0 Å². The van der Waals surface area contributed by atoms with Crippen LogP contribution in [0.4, 0.5) is 0 Å². The van der Waals surface area contributed by atoms with Crippen LogP contribution in [0, 0.1) is 0 Å². The summed E-state index contributed by atoms with van der Waals surface area (Å²) in [5.41, 5.74) is 2.60. The highest BCUT2D eigenvalue weighted by Crippen LogP contribution is 2.37. The predicted molar refractivity (Wildman–Crippen MR) is 51.1 cm³/mol. The monoisotopic (exact) mass is 180 g/mol. The molecule has 2 unspecified atom stereocenters. The molecule has 2 heteroatoms. The van der Waals surface area contributed by atoms with Gasteiger partial charge in [-0.05, 0) is 38.2 Å². The van der Waals surface area contributed by atoms with E-state index in [0.29, 0.717) is 0 Å². The fraction of sp³-hybridized carbons (Fsp3) is 0.636. The van der Waals surface area contributed by atoms with Gasteiger partial charge < -0.3 is 0 Å². The minimum atomic E-state index is 0.259. The Bertz CT molecular complexity index is 220. The van der Waals surface area contributed by atoms with Gasteiger partial charge in [0.2, 0.25) is 0 Å². The molecule has 2 atom stereocenters. The molecule has 2 bridgehead atoms. The summed E-state index contributed by atoms with van der Waals surface area (Å²) in [5, 5.41) is 0. The molecule has 0 amide bonds. The molecule has 2 nitrogen and oxygen atoms in total. The van der Waals surface area contributed by atoms with E-state index in [0.717, 1.165) is 25.7 Å². The standard InChI is InChI=1S/C11H16O2/c1-8(2)4-3-5-9-10-6-7-11(9)13-12-10/h5,10-11H,1,3-4,6-7H2,2H3. The molecule has 2 aliphatic rings. The largest absolute Gasteiger partial charge is 0.228 e. The van der Waals surface area contributed by atoms with Gasteiger partial charge >= 0.3 is 0 Å². The van der Waals surface area contributed by atoms with Gasteiger partial charge in [-0.1, -0.05) is 11.6 Å². The first-order valence-corrected chi connectivity index (χ1v) is 4.94. The van der Waals surface area contributed by atoms with Crippen molar-refractivity contribution in [1.82, 2.24) is 0 Å². The lowest BCUT2D eigenvalue weighted by Crippen LogP contribution is -2.05. The van der Waals surface area contributed by atoms with Crippen molar-refractivity contribution in [3.05, 3.63) is 23.8 Å². The van der Waals surface area contributed by atoms with Gasteiger partial charge in [0.25, 0.3) is 0 Å². The molecule has 2 rings (SSSR count). The number of fused-ring (bicyclic) bond motifs is 2. The summed E-state index contributed by atoms with van der Waals surface area (Å²) in [6, 6.07) is 0. The van der Waals surface area contributed by atoms with E-state index in [1.165, 1.54) is 11.1 Å². The van der Waals surface area contributed by atoms with Gasteiger partial charge in [0.15, 0.2) is 0 Å². The lowest BCUT2D eigenvalue weighted by molar-refractivity contribution is -0.315.